The lowest BCUT2D eigenvalue weighted by Gasteiger charge is -2.27. The molecule has 4 amide bonds. The van der Waals surface area contributed by atoms with Crippen LogP contribution in [0.2, 0.25) is 0 Å². The number of imidazole rings is 1. The van der Waals surface area contributed by atoms with Gasteiger partial charge >= 0.3 is 0 Å². The van der Waals surface area contributed by atoms with Gasteiger partial charge < -0.3 is 5.32 Å². The summed E-state index contributed by atoms with van der Waals surface area (Å²) in [5, 5.41) is 5.77. The first-order chi connectivity index (χ1) is 16.5. The van der Waals surface area contributed by atoms with Gasteiger partial charge in [0.1, 0.15) is 23.2 Å². The molecule has 0 saturated carbocycles. The van der Waals surface area contributed by atoms with E-state index < -0.39 is 29.7 Å². The number of aryl methyl sites for hydroxylation is 2. The molecule has 1 fully saturated rings. The molecule has 2 N–H and O–H groups in total. The van der Waals surface area contributed by atoms with Crippen molar-refractivity contribution in [2.75, 3.05) is 5.32 Å². The Labute approximate surface area is 202 Å². The van der Waals surface area contributed by atoms with Crippen molar-refractivity contribution in [2.45, 2.75) is 59.0 Å². The number of nitrogens with one attached hydrogen (secondary N) is 2. The van der Waals surface area contributed by atoms with Gasteiger partial charge in [0.15, 0.2) is 0 Å². The molecule has 5 rings (SSSR count). The van der Waals surface area contributed by atoms with Gasteiger partial charge in [-0.2, -0.15) is 0 Å². The minimum absolute atomic E-state index is 0.0803. The van der Waals surface area contributed by atoms with E-state index in [-0.39, 0.29) is 29.5 Å². The predicted molar refractivity (Wildman–Crippen MR) is 130 cm³/mol. The van der Waals surface area contributed by atoms with Crippen molar-refractivity contribution in [3.05, 3.63) is 52.7 Å². The lowest BCUT2D eigenvalue weighted by atomic mass is 10.0. The van der Waals surface area contributed by atoms with Gasteiger partial charge in [-0.05, 0) is 64.8 Å². The van der Waals surface area contributed by atoms with Crippen molar-refractivity contribution in [1.82, 2.24) is 19.6 Å². The Kier molecular flexibility index (Phi) is 5.05. The van der Waals surface area contributed by atoms with Crippen LogP contribution in [0.1, 0.15) is 65.6 Å². The second-order valence-electron chi connectivity index (χ2n) is 10.2. The molecule has 1 saturated heterocycles. The van der Waals surface area contributed by atoms with Gasteiger partial charge in [-0.25, -0.2) is 4.98 Å². The summed E-state index contributed by atoms with van der Waals surface area (Å²) >= 11 is 0. The zero-order chi connectivity index (χ0) is 25.2. The topological polar surface area (TPSA) is 113 Å². The van der Waals surface area contributed by atoms with Crippen LogP contribution in [0, 0.1) is 13.8 Å². The third kappa shape index (κ3) is 3.67. The summed E-state index contributed by atoms with van der Waals surface area (Å²) in [7, 11) is 0. The molecule has 0 radical (unpaired) electrons. The maximum Gasteiger partial charge on any atom is 0.262 e. The van der Waals surface area contributed by atoms with Crippen LogP contribution >= 0.6 is 0 Å². The number of nitrogens with zero attached hydrogens (tertiary/aromatic N) is 3. The Balaban J connectivity index is 1.61. The number of anilines is 1. The molecule has 9 nitrogen and oxygen atoms in total. The van der Waals surface area contributed by atoms with E-state index in [2.05, 4.69) is 35.8 Å². The van der Waals surface area contributed by atoms with E-state index in [4.69, 9.17) is 4.98 Å². The lowest BCUT2D eigenvalue weighted by molar-refractivity contribution is -0.136. The second-order valence-corrected chi connectivity index (χ2v) is 10.2. The molecule has 0 aliphatic carbocycles. The van der Waals surface area contributed by atoms with E-state index >= 15 is 0 Å². The van der Waals surface area contributed by atoms with E-state index in [1.807, 2.05) is 26.0 Å². The molecule has 35 heavy (non-hydrogen) atoms. The highest BCUT2D eigenvalue weighted by Gasteiger charge is 2.44. The largest absolute Gasteiger partial charge is 0.365 e. The molecular weight excluding hydrogens is 446 g/mol. The fourth-order valence-corrected chi connectivity index (χ4v) is 4.68. The third-order valence-electron chi connectivity index (χ3n) is 6.50. The summed E-state index contributed by atoms with van der Waals surface area (Å²) in [5.74, 6) is -1.30. The number of hydrogen-bond donors (Lipinski definition) is 2. The Bertz CT molecular complexity index is 1450. The van der Waals surface area contributed by atoms with Crippen molar-refractivity contribution in [3.8, 4) is 11.3 Å². The smallest absolute Gasteiger partial charge is 0.262 e. The molecule has 0 spiro atoms. The number of aromatic nitrogens is 2. The fraction of sp³-hybridized carbons (Fsp3) is 0.346. The normalized spacial score (nSPS) is 18.3. The van der Waals surface area contributed by atoms with Crippen molar-refractivity contribution < 1.29 is 19.2 Å². The van der Waals surface area contributed by atoms with Crippen LogP contribution in [0.5, 0.6) is 0 Å². The molecule has 2 aliphatic heterocycles. The monoisotopic (exact) mass is 473 g/mol. The van der Waals surface area contributed by atoms with Gasteiger partial charge in [0.25, 0.3) is 11.8 Å². The molecule has 3 aromatic rings. The van der Waals surface area contributed by atoms with E-state index in [1.54, 1.807) is 18.2 Å². The summed E-state index contributed by atoms with van der Waals surface area (Å²) in [5.41, 5.74) is 4.49. The van der Waals surface area contributed by atoms with E-state index in [0.717, 1.165) is 27.6 Å². The minimum Gasteiger partial charge on any atom is -0.365 e. The van der Waals surface area contributed by atoms with Crippen LogP contribution in [0.15, 0.2) is 30.3 Å². The standard InChI is InChI=1S/C26H27N5O4/c1-13-6-10-19-27-21(22(29-26(3,4)5)30(19)14(13)2)15-7-8-16-17(12-15)25(35)31(24(16)34)18-9-11-20(32)28-23(18)33/h6-8,10,12,18,29H,9,11H2,1-5H3,(H,28,32,33). The lowest BCUT2D eigenvalue weighted by Crippen LogP contribution is -2.54. The van der Waals surface area contributed by atoms with Crippen LogP contribution < -0.4 is 10.6 Å². The summed E-state index contributed by atoms with van der Waals surface area (Å²) in [6, 6.07) is 8.02. The molecular formula is C26H27N5O4. The first-order valence-corrected chi connectivity index (χ1v) is 11.6. The van der Waals surface area contributed by atoms with E-state index in [9.17, 15) is 19.2 Å². The SMILES string of the molecule is Cc1ccc2nc(-c3ccc4c(c3)C(=O)N(C3CCC(=O)NC3=O)C4=O)c(NC(C)(C)C)n2c1C. The summed E-state index contributed by atoms with van der Waals surface area (Å²) in [6.07, 6.45) is 0.199. The van der Waals surface area contributed by atoms with Crippen molar-refractivity contribution in [3.63, 3.8) is 0 Å². The van der Waals surface area contributed by atoms with E-state index in [1.165, 1.54) is 0 Å². The van der Waals surface area contributed by atoms with Crippen LogP contribution in [-0.4, -0.2) is 49.5 Å². The Morgan fingerprint density at radius 1 is 1.00 bits per heavy atom. The molecule has 0 bridgehead atoms. The fourth-order valence-electron chi connectivity index (χ4n) is 4.68. The molecule has 1 atom stereocenters. The second kappa shape index (κ2) is 7.76. The van der Waals surface area contributed by atoms with Crippen molar-refractivity contribution in [1.29, 1.82) is 0 Å². The molecule has 2 aliphatic rings. The average molecular weight is 474 g/mol. The predicted octanol–water partition coefficient (Wildman–Crippen LogP) is 3.23. The average Bonchev–Trinajstić information content (AvgIpc) is 3.25. The summed E-state index contributed by atoms with van der Waals surface area (Å²) in [4.78, 5) is 56.1. The number of benzene rings is 1. The van der Waals surface area contributed by atoms with Gasteiger partial charge in [-0.3, -0.25) is 33.8 Å². The Morgan fingerprint density at radius 2 is 1.71 bits per heavy atom. The van der Waals surface area contributed by atoms with E-state index in [0.29, 0.717) is 11.3 Å². The summed E-state index contributed by atoms with van der Waals surface area (Å²) in [6.45, 7) is 10.3. The summed E-state index contributed by atoms with van der Waals surface area (Å²) < 4.78 is 2.06. The van der Waals surface area contributed by atoms with Crippen LogP contribution in [0.3, 0.4) is 0 Å². The number of rotatable bonds is 3. The van der Waals surface area contributed by atoms with Gasteiger partial charge in [-0.1, -0.05) is 12.1 Å². The Hall–Kier alpha value is -4.01. The molecule has 9 heteroatoms. The van der Waals surface area contributed by atoms with Gasteiger partial charge in [0, 0.05) is 23.2 Å². The van der Waals surface area contributed by atoms with Crippen molar-refractivity contribution >= 4 is 35.1 Å². The number of amides is 4. The highest BCUT2D eigenvalue weighted by atomic mass is 16.2. The van der Waals surface area contributed by atoms with Crippen LogP contribution in [0.4, 0.5) is 5.82 Å². The number of piperidine rings is 1. The van der Waals surface area contributed by atoms with Gasteiger partial charge in [0.2, 0.25) is 11.8 Å². The number of imide groups is 2. The first-order valence-electron chi connectivity index (χ1n) is 11.6. The number of pyridine rings is 1. The number of carbonyl (C=O) groups excluding carboxylic acids is 4. The van der Waals surface area contributed by atoms with Crippen LogP contribution in [0.25, 0.3) is 16.9 Å². The van der Waals surface area contributed by atoms with Crippen molar-refractivity contribution in [2.24, 2.45) is 0 Å². The molecule has 1 aromatic carbocycles. The molecule has 1 unspecified atom stereocenters. The molecule has 2 aromatic heterocycles. The zero-order valence-corrected chi connectivity index (χ0v) is 20.4. The maximum atomic E-state index is 13.3. The number of fused-ring (bicyclic) bond motifs is 2. The van der Waals surface area contributed by atoms with Crippen LogP contribution in [-0.2, 0) is 9.59 Å². The minimum atomic E-state index is -0.998. The number of hydrogen-bond acceptors (Lipinski definition) is 6. The van der Waals surface area contributed by atoms with Gasteiger partial charge in [0.05, 0.1) is 11.1 Å². The molecule has 180 valence electrons. The highest BCUT2D eigenvalue weighted by molar-refractivity contribution is 6.23. The highest BCUT2D eigenvalue weighted by Crippen LogP contribution is 2.36. The van der Waals surface area contributed by atoms with Gasteiger partial charge in [-0.15, -0.1) is 0 Å². The maximum absolute atomic E-state index is 13.3. The molecule has 4 heterocycles. The number of carbonyl (C=O) groups is 4. The quantitative estimate of drug-likeness (QED) is 0.565. The zero-order valence-electron chi connectivity index (χ0n) is 20.4. The third-order valence-corrected chi connectivity index (χ3v) is 6.50. The first kappa shape index (κ1) is 22.8. The Morgan fingerprint density at radius 3 is 2.40 bits per heavy atom.